The van der Waals surface area contributed by atoms with E-state index < -0.39 is 0 Å². The summed E-state index contributed by atoms with van der Waals surface area (Å²) in [4.78, 5) is 11.6. The predicted octanol–water partition coefficient (Wildman–Crippen LogP) is 2.74. The smallest absolute Gasteiger partial charge is 0.257 e. The molecular formula is C15H23ClN2O2. The van der Waals surface area contributed by atoms with Gasteiger partial charge in [0, 0.05) is 18.7 Å². The monoisotopic (exact) mass is 298 g/mol. The third-order valence-electron chi connectivity index (χ3n) is 2.71. The summed E-state index contributed by atoms with van der Waals surface area (Å²) >= 11 is 6.15. The first-order chi connectivity index (χ1) is 9.69. The summed E-state index contributed by atoms with van der Waals surface area (Å²) in [6, 6.07) is 5.60. The Kier molecular flexibility index (Phi) is 8.07. The average molecular weight is 299 g/mol. The van der Waals surface area contributed by atoms with E-state index in [2.05, 4.69) is 17.6 Å². The zero-order valence-corrected chi connectivity index (χ0v) is 12.9. The summed E-state index contributed by atoms with van der Waals surface area (Å²) < 4.78 is 5.57. The summed E-state index contributed by atoms with van der Waals surface area (Å²) in [6.45, 7) is 6.39. The van der Waals surface area contributed by atoms with Crippen molar-refractivity contribution in [2.24, 2.45) is 0 Å². The lowest BCUT2D eigenvalue weighted by atomic mass is 10.2. The number of hydrogen-bond donors (Lipinski definition) is 2. The van der Waals surface area contributed by atoms with Gasteiger partial charge in [0.2, 0.25) is 0 Å². The molecule has 1 rings (SSSR count). The number of para-hydroxylation sites is 1. The molecule has 1 aromatic carbocycles. The molecule has 0 radical (unpaired) electrons. The van der Waals surface area contributed by atoms with E-state index in [9.17, 15) is 4.79 Å². The van der Waals surface area contributed by atoms with Gasteiger partial charge in [-0.25, -0.2) is 0 Å². The third kappa shape index (κ3) is 5.80. The van der Waals surface area contributed by atoms with Gasteiger partial charge >= 0.3 is 0 Å². The van der Waals surface area contributed by atoms with E-state index in [1.165, 1.54) is 0 Å². The Morgan fingerprint density at radius 1 is 1.25 bits per heavy atom. The van der Waals surface area contributed by atoms with Gasteiger partial charge in [0.1, 0.15) is 5.75 Å². The fourth-order valence-corrected chi connectivity index (χ4v) is 1.96. The highest BCUT2D eigenvalue weighted by Gasteiger charge is 2.10. The number of benzene rings is 1. The lowest BCUT2D eigenvalue weighted by Crippen LogP contribution is -2.29. The van der Waals surface area contributed by atoms with Crippen LogP contribution in [0.25, 0.3) is 0 Å². The number of nitrogens with one attached hydrogen (secondary N) is 2. The van der Waals surface area contributed by atoms with E-state index in [-0.39, 0.29) is 12.5 Å². The first kappa shape index (κ1) is 16.8. The molecule has 0 heterocycles. The van der Waals surface area contributed by atoms with Gasteiger partial charge in [-0.1, -0.05) is 37.6 Å². The van der Waals surface area contributed by atoms with E-state index in [1.807, 2.05) is 19.1 Å². The molecule has 0 aliphatic rings. The Morgan fingerprint density at radius 3 is 2.70 bits per heavy atom. The second-order valence-electron chi connectivity index (χ2n) is 4.54. The number of halogens is 1. The Bertz CT molecular complexity index is 424. The van der Waals surface area contributed by atoms with E-state index in [4.69, 9.17) is 16.3 Å². The van der Waals surface area contributed by atoms with Crippen molar-refractivity contribution in [3.63, 3.8) is 0 Å². The lowest BCUT2D eigenvalue weighted by molar-refractivity contribution is -0.123. The highest BCUT2D eigenvalue weighted by atomic mass is 35.5. The summed E-state index contributed by atoms with van der Waals surface area (Å²) in [6.07, 6.45) is 1.97. The van der Waals surface area contributed by atoms with Crippen LogP contribution in [0.4, 0.5) is 0 Å². The summed E-state index contributed by atoms with van der Waals surface area (Å²) in [5.74, 6) is 0.462. The van der Waals surface area contributed by atoms with E-state index >= 15 is 0 Å². The molecule has 1 aromatic rings. The van der Waals surface area contributed by atoms with Crippen molar-refractivity contribution in [2.75, 3.05) is 19.7 Å². The molecule has 0 fully saturated rings. The zero-order chi connectivity index (χ0) is 14.8. The van der Waals surface area contributed by atoms with Gasteiger partial charge in [0.05, 0.1) is 5.02 Å². The van der Waals surface area contributed by atoms with Crippen LogP contribution in [0.2, 0.25) is 5.02 Å². The molecule has 20 heavy (non-hydrogen) atoms. The molecule has 0 bridgehead atoms. The maximum atomic E-state index is 11.6. The van der Waals surface area contributed by atoms with E-state index in [1.54, 1.807) is 6.07 Å². The first-order valence-electron chi connectivity index (χ1n) is 7.06. The number of carbonyl (C=O) groups is 1. The molecular weight excluding hydrogens is 276 g/mol. The molecule has 0 atom stereocenters. The molecule has 1 amide bonds. The topological polar surface area (TPSA) is 50.4 Å². The SMILES string of the molecule is CCCNCc1cccc(Cl)c1OCC(=O)NCCC. The second kappa shape index (κ2) is 9.61. The number of rotatable bonds is 9. The fourth-order valence-electron chi connectivity index (χ4n) is 1.71. The van der Waals surface area contributed by atoms with Gasteiger partial charge in [-0.05, 0) is 25.5 Å². The zero-order valence-electron chi connectivity index (χ0n) is 12.2. The summed E-state index contributed by atoms with van der Waals surface area (Å²) in [7, 11) is 0. The van der Waals surface area contributed by atoms with Crippen LogP contribution in [-0.4, -0.2) is 25.6 Å². The standard InChI is InChI=1S/C15H23ClN2O2/c1-3-8-17-10-12-6-5-7-13(16)15(12)20-11-14(19)18-9-4-2/h5-7,17H,3-4,8-11H2,1-2H3,(H,18,19). The molecule has 5 heteroatoms. The molecule has 0 saturated heterocycles. The number of ether oxygens (including phenoxy) is 1. The van der Waals surface area contributed by atoms with Gasteiger partial charge in [-0.15, -0.1) is 0 Å². The third-order valence-corrected chi connectivity index (χ3v) is 3.01. The Labute approximate surface area is 125 Å². The minimum Gasteiger partial charge on any atom is -0.482 e. The molecule has 0 aromatic heterocycles. The summed E-state index contributed by atoms with van der Waals surface area (Å²) in [5, 5.41) is 6.60. The lowest BCUT2D eigenvalue weighted by Gasteiger charge is -2.13. The minimum atomic E-state index is -0.126. The predicted molar refractivity (Wildman–Crippen MR) is 82.2 cm³/mol. The number of carbonyl (C=O) groups excluding carboxylic acids is 1. The maximum Gasteiger partial charge on any atom is 0.257 e. The van der Waals surface area contributed by atoms with Crippen molar-refractivity contribution in [1.29, 1.82) is 0 Å². The van der Waals surface area contributed by atoms with Gasteiger partial charge in [0.15, 0.2) is 6.61 Å². The van der Waals surface area contributed by atoms with Crippen LogP contribution in [0, 0.1) is 0 Å². The van der Waals surface area contributed by atoms with Crippen LogP contribution >= 0.6 is 11.6 Å². The summed E-state index contributed by atoms with van der Waals surface area (Å²) in [5.41, 5.74) is 0.967. The maximum absolute atomic E-state index is 11.6. The molecule has 2 N–H and O–H groups in total. The van der Waals surface area contributed by atoms with Gasteiger partial charge in [-0.3, -0.25) is 4.79 Å². The Hall–Kier alpha value is -1.26. The minimum absolute atomic E-state index is 0.00941. The molecule has 0 aliphatic heterocycles. The fraction of sp³-hybridized carbons (Fsp3) is 0.533. The quantitative estimate of drug-likeness (QED) is 0.689. The Balaban J connectivity index is 2.60. The van der Waals surface area contributed by atoms with Crippen molar-refractivity contribution >= 4 is 17.5 Å². The van der Waals surface area contributed by atoms with Crippen LogP contribution in [0.5, 0.6) is 5.75 Å². The van der Waals surface area contributed by atoms with Crippen LogP contribution in [0.15, 0.2) is 18.2 Å². The van der Waals surface area contributed by atoms with E-state index in [0.717, 1.165) is 24.9 Å². The molecule has 4 nitrogen and oxygen atoms in total. The van der Waals surface area contributed by atoms with Gasteiger partial charge in [0.25, 0.3) is 5.91 Å². The molecule has 0 aliphatic carbocycles. The first-order valence-corrected chi connectivity index (χ1v) is 7.44. The van der Waals surface area contributed by atoms with Crippen molar-refractivity contribution in [1.82, 2.24) is 10.6 Å². The average Bonchev–Trinajstić information content (AvgIpc) is 2.44. The van der Waals surface area contributed by atoms with Crippen LogP contribution in [0.3, 0.4) is 0 Å². The van der Waals surface area contributed by atoms with Crippen LogP contribution in [0.1, 0.15) is 32.3 Å². The van der Waals surface area contributed by atoms with Crippen molar-refractivity contribution in [2.45, 2.75) is 33.2 Å². The second-order valence-corrected chi connectivity index (χ2v) is 4.95. The molecule has 0 spiro atoms. The van der Waals surface area contributed by atoms with Crippen molar-refractivity contribution < 1.29 is 9.53 Å². The van der Waals surface area contributed by atoms with Gasteiger partial charge < -0.3 is 15.4 Å². The van der Waals surface area contributed by atoms with Crippen molar-refractivity contribution in [3.8, 4) is 5.75 Å². The number of amides is 1. The molecule has 0 saturated carbocycles. The van der Waals surface area contributed by atoms with Crippen molar-refractivity contribution in [3.05, 3.63) is 28.8 Å². The van der Waals surface area contributed by atoms with E-state index in [0.29, 0.717) is 23.9 Å². The molecule has 112 valence electrons. The Morgan fingerprint density at radius 2 is 2.00 bits per heavy atom. The number of hydrogen-bond acceptors (Lipinski definition) is 3. The molecule has 0 unspecified atom stereocenters. The van der Waals surface area contributed by atoms with Crippen LogP contribution in [-0.2, 0) is 11.3 Å². The van der Waals surface area contributed by atoms with Gasteiger partial charge in [-0.2, -0.15) is 0 Å². The highest BCUT2D eigenvalue weighted by Crippen LogP contribution is 2.28. The normalized spacial score (nSPS) is 10.3. The van der Waals surface area contributed by atoms with Crippen LogP contribution < -0.4 is 15.4 Å². The largest absolute Gasteiger partial charge is 0.482 e. The highest BCUT2D eigenvalue weighted by molar-refractivity contribution is 6.32.